The smallest absolute Gasteiger partial charge is 0.341 e. The number of aryl methyl sites for hydroxylation is 3. The van der Waals surface area contributed by atoms with Gasteiger partial charge in [-0.3, -0.25) is 4.79 Å². The van der Waals surface area contributed by atoms with Gasteiger partial charge in [-0.05, 0) is 68.7 Å². The normalized spacial score (nSPS) is 12.7. The molecule has 0 spiro atoms. The van der Waals surface area contributed by atoms with Crippen molar-refractivity contribution in [2.75, 3.05) is 14.1 Å². The number of carbonyl (C=O) groups excluding carboxylic acids is 2. The van der Waals surface area contributed by atoms with Crippen molar-refractivity contribution in [2.45, 2.75) is 38.7 Å². The Morgan fingerprint density at radius 1 is 0.966 bits per heavy atom. The van der Waals surface area contributed by atoms with E-state index in [2.05, 4.69) is 0 Å². The van der Waals surface area contributed by atoms with Crippen molar-refractivity contribution in [2.24, 2.45) is 0 Å². The van der Waals surface area contributed by atoms with Crippen molar-refractivity contribution in [3.05, 3.63) is 64.0 Å². The molecule has 2 aromatic rings. The molecule has 2 rings (SSSR count). The molecule has 0 bridgehead atoms. The monoisotopic (exact) mass is 421 g/mol. The second-order valence-corrected chi connectivity index (χ2v) is 9.24. The number of sulfonamides is 1. The third-order valence-corrected chi connectivity index (χ3v) is 6.51. The van der Waals surface area contributed by atoms with Crippen LogP contribution in [0.4, 0.5) is 4.39 Å². The van der Waals surface area contributed by atoms with Crippen molar-refractivity contribution >= 4 is 21.8 Å². The van der Waals surface area contributed by atoms with Gasteiger partial charge >= 0.3 is 5.97 Å². The van der Waals surface area contributed by atoms with Gasteiger partial charge in [0.1, 0.15) is 5.82 Å². The van der Waals surface area contributed by atoms with E-state index in [0.29, 0.717) is 5.56 Å². The van der Waals surface area contributed by atoms with E-state index in [1.165, 1.54) is 21.0 Å². The van der Waals surface area contributed by atoms with Gasteiger partial charge in [-0.15, -0.1) is 0 Å². The summed E-state index contributed by atoms with van der Waals surface area (Å²) >= 11 is 0. The third-order valence-electron chi connectivity index (χ3n) is 4.70. The molecule has 0 radical (unpaired) electrons. The number of Topliss-reactive ketones (excluding diaryl/α,β-unsaturated/α-hetero) is 1. The topological polar surface area (TPSA) is 80.8 Å². The van der Waals surface area contributed by atoms with Gasteiger partial charge in [-0.2, -0.15) is 0 Å². The number of ketones is 1. The predicted octanol–water partition coefficient (Wildman–Crippen LogP) is 3.43. The predicted molar refractivity (Wildman–Crippen MR) is 107 cm³/mol. The van der Waals surface area contributed by atoms with Gasteiger partial charge in [0.2, 0.25) is 15.8 Å². The zero-order chi connectivity index (χ0) is 22.1. The molecule has 0 saturated heterocycles. The molecule has 0 aliphatic heterocycles. The number of hydrogen-bond donors (Lipinski definition) is 0. The van der Waals surface area contributed by atoms with Crippen LogP contribution in [0.3, 0.4) is 0 Å². The molecule has 0 aliphatic carbocycles. The molecule has 0 fully saturated rings. The highest BCUT2D eigenvalue weighted by Gasteiger charge is 2.26. The minimum atomic E-state index is -3.86. The van der Waals surface area contributed by atoms with E-state index in [4.69, 9.17) is 4.74 Å². The molecule has 0 amide bonds. The van der Waals surface area contributed by atoms with Crippen LogP contribution in [0.2, 0.25) is 0 Å². The Labute approximate surface area is 170 Å². The number of hydrogen-bond acceptors (Lipinski definition) is 5. The van der Waals surface area contributed by atoms with Crippen LogP contribution in [0.15, 0.2) is 35.2 Å². The maximum absolute atomic E-state index is 14.2. The summed E-state index contributed by atoms with van der Waals surface area (Å²) in [4.78, 5) is 24.9. The van der Waals surface area contributed by atoms with E-state index in [0.717, 1.165) is 39.2 Å². The van der Waals surface area contributed by atoms with Gasteiger partial charge in [0.25, 0.3) is 0 Å². The minimum absolute atomic E-state index is 0.250. The van der Waals surface area contributed by atoms with E-state index in [1.54, 1.807) is 13.0 Å². The Kier molecular flexibility index (Phi) is 6.60. The molecule has 0 N–H and O–H groups in total. The summed E-state index contributed by atoms with van der Waals surface area (Å²) in [6, 6.07) is 6.45. The summed E-state index contributed by atoms with van der Waals surface area (Å²) < 4.78 is 44.7. The number of esters is 1. The van der Waals surface area contributed by atoms with Crippen molar-refractivity contribution in [1.29, 1.82) is 0 Å². The first-order valence-corrected chi connectivity index (χ1v) is 10.4. The molecule has 156 valence electrons. The summed E-state index contributed by atoms with van der Waals surface area (Å²) in [5.74, 6) is -2.47. The highest BCUT2D eigenvalue weighted by molar-refractivity contribution is 7.89. The second kappa shape index (κ2) is 8.42. The number of halogens is 1. The summed E-state index contributed by atoms with van der Waals surface area (Å²) in [6.45, 7) is 6.97. The molecule has 8 heteroatoms. The lowest BCUT2D eigenvalue weighted by Gasteiger charge is -2.16. The largest absolute Gasteiger partial charge is 0.451 e. The maximum Gasteiger partial charge on any atom is 0.341 e. The van der Waals surface area contributed by atoms with Crippen LogP contribution in [-0.4, -0.2) is 44.7 Å². The fourth-order valence-corrected chi connectivity index (χ4v) is 3.68. The van der Waals surface area contributed by atoms with Crippen LogP contribution in [-0.2, 0) is 14.8 Å². The first kappa shape index (κ1) is 22.7. The van der Waals surface area contributed by atoms with Gasteiger partial charge in [0.05, 0.1) is 10.5 Å². The van der Waals surface area contributed by atoms with E-state index < -0.39 is 39.3 Å². The molecular formula is C21H24FNO5S. The van der Waals surface area contributed by atoms with E-state index in [1.807, 2.05) is 19.9 Å². The average molecular weight is 421 g/mol. The number of ether oxygens (including phenoxy) is 1. The Morgan fingerprint density at radius 2 is 1.55 bits per heavy atom. The molecular weight excluding hydrogens is 397 g/mol. The zero-order valence-corrected chi connectivity index (χ0v) is 18.1. The average Bonchev–Trinajstić information content (AvgIpc) is 2.63. The van der Waals surface area contributed by atoms with Crippen LogP contribution in [0.1, 0.15) is 44.3 Å². The van der Waals surface area contributed by atoms with Crippen molar-refractivity contribution in [3.8, 4) is 0 Å². The minimum Gasteiger partial charge on any atom is -0.451 e. The number of rotatable bonds is 6. The molecule has 0 aliphatic rings. The Balaban J connectivity index is 2.30. The molecule has 29 heavy (non-hydrogen) atoms. The molecule has 1 atom stereocenters. The van der Waals surface area contributed by atoms with Crippen LogP contribution in [0.25, 0.3) is 0 Å². The van der Waals surface area contributed by atoms with E-state index >= 15 is 0 Å². The van der Waals surface area contributed by atoms with Gasteiger partial charge < -0.3 is 4.74 Å². The highest BCUT2D eigenvalue weighted by atomic mass is 32.2. The molecule has 0 heterocycles. The second-order valence-electron chi connectivity index (χ2n) is 7.09. The fourth-order valence-electron chi connectivity index (χ4n) is 2.75. The third kappa shape index (κ3) is 4.71. The lowest BCUT2D eigenvalue weighted by molar-refractivity contribution is 0.0313. The van der Waals surface area contributed by atoms with E-state index in [-0.39, 0.29) is 4.90 Å². The highest BCUT2D eigenvalue weighted by Crippen LogP contribution is 2.21. The molecule has 0 unspecified atom stereocenters. The number of benzene rings is 2. The first-order chi connectivity index (χ1) is 13.4. The van der Waals surface area contributed by atoms with Crippen LogP contribution in [0.5, 0.6) is 0 Å². The molecule has 0 aromatic heterocycles. The molecule has 6 nitrogen and oxygen atoms in total. The Hall–Kier alpha value is -2.58. The van der Waals surface area contributed by atoms with E-state index in [9.17, 15) is 22.4 Å². The lowest BCUT2D eigenvalue weighted by Crippen LogP contribution is -2.26. The van der Waals surface area contributed by atoms with Crippen molar-refractivity contribution in [3.63, 3.8) is 0 Å². The van der Waals surface area contributed by atoms with Crippen LogP contribution >= 0.6 is 0 Å². The SMILES string of the molecule is Cc1cc(C)c(C(=O)[C@@H](C)OC(=O)c2cc(S(=O)(=O)N(C)C)ccc2F)cc1C. The van der Waals surface area contributed by atoms with Gasteiger partial charge in [-0.25, -0.2) is 21.9 Å². The molecule has 2 aromatic carbocycles. The Morgan fingerprint density at radius 3 is 2.14 bits per heavy atom. The van der Waals surface area contributed by atoms with Crippen LogP contribution < -0.4 is 0 Å². The quantitative estimate of drug-likeness (QED) is 0.527. The number of nitrogens with zero attached hydrogens (tertiary/aromatic N) is 1. The standard InChI is InChI=1S/C21H24FNO5S/c1-12-9-14(3)17(10-13(12)2)20(24)15(4)28-21(25)18-11-16(7-8-19(18)22)29(26,27)23(5)6/h7-11,15H,1-6H3/t15-/m1/s1. The lowest BCUT2D eigenvalue weighted by atomic mass is 9.96. The fraction of sp³-hybridized carbons (Fsp3) is 0.333. The zero-order valence-electron chi connectivity index (χ0n) is 17.2. The van der Waals surface area contributed by atoms with Gasteiger partial charge in [-0.1, -0.05) is 6.07 Å². The van der Waals surface area contributed by atoms with Crippen molar-refractivity contribution < 1.29 is 27.1 Å². The summed E-state index contributed by atoms with van der Waals surface area (Å²) in [6.07, 6.45) is -1.17. The molecule has 0 saturated carbocycles. The summed E-state index contributed by atoms with van der Waals surface area (Å²) in [5.41, 5.74) is 2.56. The van der Waals surface area contributed by atoms with Crippen LogP contribution in [0, 0.1) is 26.6 Å². The van der Waals surface area contributed by atoms with Crippen molar-refractivity contribution in [1.82, 2.24) is 4.31 Å². The summed E-state index contributed by atoms with van der Waals surface area (Å²) in [5, 5.41) is 0. The van der Waals surface area contributed by atoms with Gasteiger partial charge in [0, 0.05) is 19.7 Å². The Bertz CT molecular complexity index is 1080. The first-order valence-electron chi connectivity index (χ1n) is 8.91. The van der Waals surface area contributed by atoms with Gasteiger partial charge in [0.15, 0.2) is 6.10 Å². The summed E-state index contributed by atoms with van der Waals surface area (Å²) in [7, 11) is -1.21. The maximum atomic E-state index is 14.2. The number of carbonyl (C=O) groups is 2.